The lowest BCUT2D eigenvalue weighted by atomic mass is 10.1. The summed E-state index contributed by atoms with van der Waals surface area (Å²) in [6, 6.07) is 13.3. The third-order valence-corrected chi connectivity index (χ3v) is 5.05. The van der Waals surface area contributed by atoms with Gasteiger partial charge in [-0.15, -0.1) is 0 Å². The SMILES string of the molecule is Nc1nc(OCc2ccc(CNC(=O)c3ccc(CNC(=O)C(F)(F)F)cc3)cc2)c2[nH]cnc2n1. The average molecular weight is 499 g/mol. The van der Waals surface area contributed by atoms with Crippen LogP contribution >= 0.6 is 0 Å². The van der Waals surface area contributed by atoms with Crippen LogP contribution in [-0.2, 0) is 24.5 Å². The minimum atomic E-state index is -4.94. The van der Waals surface area contributed by atoms with Crippen molar-refractivity contribution < 1.29 is 27.5 Å². The molecule has 0 spiro atoms. The topological polar surface area (TPSA) is 148 Å². The molecule has 13 heteroatoms. The Labute approximate surface area is 202 Å². The maximum absolute atomic E-state index is 12.4. The zero-order valence-electron chi connectivity index (χ0n) is 18.6. The number of nitrogens with two attached hydrogens (primary N) is 1. The van der Waals surface area contributed by atoms with Crippen LogP contribution in [-0.4, -0.2) is 37.9 Å². The number of ether oxygens (including phenoxy) is 1. The van der Waals surface area contributed by atoms with Gasteiger partial charge in [-0.3, -0.25) is 9.59 Å². The van der Waals surface area contributed by atoms with Crippen LogP contribution in [0.25, 0.3) is 11.2 Å². The largest absolute Gasteiger partial charge is 0.471 e. The maximum Gasteiger partial charge on any atom is 0.471 e. The second kappa shape index (κ2) is 10.3. The van der Waals surface area contributed by atoms with Crippen molar-refractivity contribution in [2.75, 3.05) is 5.73 Å². The third kappa shape index (κ3) is 6.05. The van der Waals surface area contributed by atoms with Crippen molar-refractivity contribution >= 4 is 28.9 Å². The fraction of sp³-hybridized carbons (Fsp3) is 0.174. The fourth-order valence-corrected chi connectivity index (χ4v) is 3.17. The molecule has 4 aromatic rings. The molecule has 0 saturated heterocycles. The lowest BCUT2D eigenvalue weighted by Gasteiger charge is -2.10. The van der Waals surface area contributed by atoms with E-state index in [2.05, 4.69) is 25.3 Å². The van der Waals surface area contributed by atoms with Gasteiger partial charge in [-0.2, -0.15) is 23.1 Å². The number of H-pyrrole nitrogens is 1. The van der Waals surface area contributed by atoms with Gasteiger partial charge in [0.2, 0.25) is 11.8 Å². The number of hydrogen-bond acceptors (Lipinski definition) is 7. The quantitative estimate of drug-likeness (QED) is 0.291. The second-order valence-electron chi connectivity index (χ2n) is 7.65. The highest BCUT2D eigenvalue weighted by atomic mass is 19.4. The first-order valence-corrected chi connectivity index (χ1v) is 10.6. The molecule has 36 heavy (non-hydrogen) atoms. The summed E-state index contributed by atoms with van der Waals surface area (Å²) in [5, 5.41) is 4.55. The molecular weight excluding hydrogens is 479 g/mol. The zero-order chi connectivity index (χ0) is 25.7. The van der Waals surface area contributed by atoms with Crippen molar-refractivity contribution in [1.82, 2.24) is 30.6 Å². The highest BCUT2D eigenvalue weighted by Gasteiger charge is 2.38. The van der Waals surface area contributed by atoms with Crippen molar-refractivity contribution in [3.63, 3.8) is 0 Å². The lowest BCUT2D eigenvalue weighted by Crippen LogP contribution is -2.36. The number of carbonyl (C=O) groups is 2. The van der Waals surface area contributed by atoms with Gasteiger partial charge in [-0.1, -0.05) is 36.4 Å². The number of halogens is 3. The Kier molecular flexibility index (Phi) is 6.99. The van der Waals surface area contributed by atoms with Crippen molar-refractivity contribution in [3.05, 3.63) is 77.1 Å². The molecule has 0 radical (unpaired) electrons. The van der Waals surface area contributed by atoms with Crippen molar-refractivity contribution in [2.24, 2.45) is 0 Å². The van der Waals surface area contributed by atoms with Crippen LogP contribution in [0.4, 0.5) is 19.1 Å². The Morgan fingerprint density at radius 1 is 0.917 bits per heavy atom. The van der Waals surface area contributed by atoms with Crippen LogP contribution in [0, 0.1) is 0 Å². The number of anilines is 1. The van der Waals surface area contributed by atoms with Gasteiger partial charge in [0.15, 0.2) is 5.65 Å². The molecule has 10 nitrogen and oxygen atoms in total. The summed E-state index contributed by atoms with van der Waals surface area (Å²) in [4.78, 5) is 38.3. The minimum Gasteiger partial charge on any atom is -0.471 e. The molecule has 2 heterocycles. The standard InChI is InChI=1S/C23H20F3N7O3/c24-23(25,26)21(35)29-10-14-5-7-16(8-6-14)19(34)28-9-13-1-3-15(4-2-13)11-36-20-17-18(31-12-30-17)32-22(27)33-20/h1-8,12H,9-11H2,(H,28,34)(H,29,35)(H3,27,30,31,32,33). The summed E-state index contributed by atoms with van der Waals surface area (Å²) in [7, 11) is 0. The highest BCUT2D eigenvalue weighted by molar-refractivity contribution is 5.94. The number of alkyl halides is 3. The molecular formula is C23H20F3N7O3. The van der Waals surface area contributed by atoms with Gasteiger partial charge in [-0.25, -0.2) is 4.98 Å². The Morgan fingerprint density at radius 3 is 2.19 bits per heavy atom. The molecule has 2 amide bonds. The highest BCUT2D eigenvalue weighted by Crippen LogP contribution is 2.21. The Bertz CT molecular complexity index is 1370. The molecule has 0 bridgehead atoms. The van der Waals surface area contributed by atoms with E-state index in [4.69, 9.17) is 10.5 Å². The van der Waals surface area contributed by atoms with E-state index in [-0.39, 0.29) is 31.6 Å². The smallest absolute Gasteiger partial charge is 0.471 e. The lowest BCUT2D eigenvalue weighted by molar-refractivity contribution is -0.173. The van der Waals surface area contributed by atoms with E-state index < -0.39 is 12.1 Å². The number of nitrogens with one attached hydrogen (secondary N) is 3. The number of imidazole rings is 1. The molecule has 0 saturated carbocycles. The summed E-state index contributed by atoms with van der Waals surface area (Å²) in [5.41, 5.74) is 9.10. The number of rotatable bonds is 8. The summed E-state index contributed by atoms with van der Waals surface area (Å²) >= 11 is 0. The maximum atomic E-state index is 12.4. The van der Waals surface area contributed by atoms with Gasteiger partial charge >= 0.3 is 12.1 Å². The number of benzene rings is 2. The molecule has 186 valence electrons. The summed E-state index contributed by atoms with van der Waals surface area (Å²) in [6.07, 6.45) is -3.47. The van der Waals surface area contributed by atoms with Gasteiger partial charge in [0.1, 0.15) is 12.1 Å². The Morgan fingerprint density at radius 2 is 1.53 bits per heavy atom. The molecule has 5 N–H and O–H groups in total. The second-order valence-corrected chi connectivity index (χ2v) is 7.65. The number of fused-ring (bicyclic) bond motifs is 1. The molecule has 2 aromatic heterocycles. The van der Waals surface area contributed by atoms with E-state index in [1.54, 1.807) is 5.32 Å². The summed E-state index contributed by atoms with van der Waals surface area (Å²) in [6.45, 7) is 0.196. The van der Waals surface area contributed by atoms with Crippen LogP contribution in [0.3, 0.4) is 0 Å². The van der Waals surface area contributed by atoms with E-state index in [9.17, 15) is 22.8 Å². The number of aromatic nitrogens is 4. The number of hydrogen-bond donors (Lipinski definition) is 4. The van der Waals surface area contributed by atoms with Crippen molar-refractivity contribution in [2.45, 2.75) is 25.9 Å². The molecule has 0 aliphatic heterocycles. The van der Waals surface area contributed by atoms with E-state index >= 15 is 0 Å². The van der Waals surface area contributed by atoms with E-state index in [1.807, 2.05) is 24.3 Å². The predicted octanol–water partition coefficient (Wildman–Crippen LogP) is 2.62. The number of aromatic amines is 1. The molecule has 0 fully saturated rings. The average Bonchev–Trinajstić information content (AvgIpc) is 3.33. The minimum absolute atomic E-state index is 0.0542. The van der Waals surface area contributed by atoms with E-state index in [0.717, 1.165) is 11.1 Å². The Balaban J connectivity index is 1.26. The van der Waals surface area contributed by atoms with Crippen molar-refractivity contribution in [3.8, 4) is 5.88 Å². The first kappa shape index (κ1) is 24.4. The van der Waals surface area contributed by atoms with Crippen LogP contribution in [0.2, 0.25) is 0 Å². The summed E-state index contributed by atoms with van der Waals surface area (Å²) < 4.78 is 42.5. The van der Waals surface area contributed by atoms with Crippen LogP contribution < -0.4 is 21.1 Å². The number of carbonyl (C=O) groups excluding carboxylic acids is 2. The normalized spacial score (nSPS) is 11.3. The first-order valence-electron chi connectivity index (χ1n) is 10.6. The molecule has 0 aliphatic rings. The molecule has 0 atom stereocenters. The van der Waals surface area contributed by atoms with Gasteiger partial charge in [0.05, 0.1) is 6.33 Å². The van der Waals surface area contributed by atoms with Gasteiger partial charge in [-0.05, 0) is 28.8 Å². The third-order valence-electron chi connectivity index (χ3n) is 5.05. The molecule has 4 rings (SSSR count). The fourth-order valence-electron chi connectivity index (χ4n) is 3.17. The number of amides is 2. The summed E-state index contributed by atoms with van der Waals surface area (Å²) in [5.74, 6) is -2.02. The van der Waals surface area contributed by atoms with Gasteiger partial charge in [0, 0.05) is 18.7 Å². The van der Waals surface area contributed by atoms with Gasteiger partial charge < -0.3 is 26.1 Å². The molecule has 0 aliphatic carbocycles. The molecule has 2 aromatic carbocycles. The van der Waals surface area contributed by atoms with Crippen LogP contribution in [0.15, 0.2) is 54.9 Å². The van der Waals surface area contributed by atoms with Crippen LogP contribution in [0.1, 0.15) is 27.0 Å². The zero-order valence-corrected chi connectivity index (χ0v) is 18.6. The van der Waals surface area contributed by atoms with Crippen molar-refractivity contribution in [1.29, 1.82) is 0 Å². The van der Waals surface area contributed by atoms with Crippen LogP contribution in [0.5, 0.6) is 5.88 Å². The van der Waals surface area contributed by atoms with E-state index in [0.29, 0.717) is 28.2 Å². The van der Waals surface area contributed by atoms with Gasteiger partial charge in [0.25, 0.3) is 5.91 Å². The predicted molar refractivity (Wildman–Crippen MR) is 122 cm³/mol. The number of nitrogen functional groups attached to an aromatic ring is 1. The first-order chi connectivity index (χ1) is 17.2. The van der Waals surface area contributed by atoms with E-state index in [1.165, 1.54) is 30.6 Å². The molecule has 0 unspecified atom stereocenters. The number of nitrogens with zero attached hydrogens (tertiary/aromatic N) is 3. The monoisotopic (exact) mass is 499 g/mol. The Hall–Kier alpha value is -4.68.